The van der Waals surface area contributed by atoms with E-state index in [9.17, 15) is 31.1 Å². The number of nitrogens with zero attached hydrogens (tertiary/aromatic N) is 3. The fourth-order valence-corrected chi connectivity index (χ4v) is 4.06. The van der Waals surface area contributed by atoms with Crippen molar-refractivity contribution < 1.29 is 35.9 Å². The lowest BCUT2D eigenvalue weighted by atomic mass is 10.0. The van der Waals surface area contributed by atoms with Crippen molar-refractivity contribution in [3.05, 3.63) is 71.3 Å². The number of hydrogen-bond acceptors (Lipinski definition) is 6. The van der Waals surface area contributed by atoms with Gasteiger partial charge >= 0.3 is 12.4 Å². The minimum Gasteiger partial charge on any atom is -0.495 e. The zero-order chi connectivity index (χ0) is 26.5. The molecular weight excluding hydrogens is 510 g/mol. The Balaban J connectivity index is 1.65. The molecule has 1 unspecified atom stereocenters. The standard InChI is InChI=1S/C23H20F6N4O2S/c1-13(19-20(31-6-5-30-19)18-4-3-17(35-2)12-33-18)36-8-7-32-21(34)14-9-15(22(24,25)26)11-16(10-14)23(27,28)29/h3-6,9-13H,7-8H2,1-2H3,(H,32,34). The van der Waals surface area contributed by atoms with Crippen molar-refractivity contribution >= 4 is 17.7 Å². The van der Waals surface area contributed by atoms with Crippen molar-refractivity contribution in [2.45, 2.75) is 24.5 Å². The fourth-order valence-electron chi connectivity index (χ4n) is 3.15. The Morgan fingerprint density at radius 2 is 1.64 bits per heavy atom. The Morgan fingerprint density at radius 3 is 2.19 bits per heavy atom. The van der Waals surface area contributed by atoms with Gasteiger partial charge in [-0.05, 0) is 37.3 Å². The molecule has 13 heteroatoms. The molecule has 2 aromatic heterocycles. The summed E-state index contributed by atoms with van der Waals surface area (Å²) in [4.78, 5) is 25.3. The molecule has 0 spiro atoms. The number of nitrogens with one attached hydrogen (secondary N) is 1. The molecule has 36 heavy (non-hydrogen) atoms. The van der Waals surface area contributed by atoms with E-state index in [1.807, 2.05) is 6.92 Å². The first-order chi connectivity index (χ1) is 16.9. The maximum Gasteiger partial charge on any atom is 0.416 e. The summed E-state index contributed by atoms with van der Waals surface area (Å²) in [5.41, 5.74) is -2.07. The summed E-state index contributed by atoms with van der Waals surface area (Å²) >= 11 is 1.37. The molecule has 1 amide bonds. The molecule has 1 atom stereocenters. The van der Waals surface area contributed by atoms with E-state index in [0.717, 1.165) is 0 Å². The second-order valence-electron chi connectivity index (χ2n) is 7.44. The molecule has 0 bridgehead atoms. The van der Waals surface area contributed by atoms with Crippen LogP contribution in [-0.4, -0.2) is 40.3 Å². The smallest absolute Gasteiger partial charge is 0.416 e. The second kappa shape index (κ2) is 11.1. The molecule has 0 aliphatic rings. The fraction of sp³-hybridized carbons (Fsp3) is 0.304. The predicted octanol–water partition coefficient (Wildman–Crippen LogP) is 5.81. The summed E-state index contributed by atoms with van der Waals surface area (Å²) in [7, 11) is 1.52. The van der Waals surface area contributed by atoms with E-state index in [4.69, 9.17) is 4.74 Å². The molecule has 0 fully saturated rings. The first kappa shape index (κ1) is 27.2. The van der Waals surface area contributed by atoms with E-state index in [-0.39, 0.29) is 17.9 Å². The van der Waals surface area contributed by atoms with E-state index in [2.05, 4.69) is 20.3 Å². The van der Waals surface area contributed by atoms with Gasteiger partial charge in [-0.1, -0.05) is 0 Å². The number of amides is 1. The van der Waals surface area contributed by atoms with Crippen LogP contribution < -0.4 is 10.1 Å². The number of halogens is 6. The van der Waals surface area contributed by atoms with Crippen LogP contribution in [0.2, 0.25) is 0 Å². The minimum atomic E-state index is -5.03. The number of thioether (sulfide) groups is 1. The van der Waals surface area contributed by atoms with Gasteiger partial charge in [-0.3, -0.25) is 19.7 Å². The lowest BCUT2D eigenvalue weighted by molar-refractivity contribution is -0.143. The Labute approximate surface area is 206 Å². The highest BCUT2D eigenvalue weighted by atomic mass is 32.2. The van der Waals surface area contributed by atoms with E-state index < -0.39 is 35.0 Å². The first-order valence-electron chi connectivity index (χ1n) is 10.4. The number of rotatable bonds is 8. The number of hydrogen-bond donors (Lipinski definition) is 1. The van der Waals surface area contributed by atoms with Crippen molar-refractivity contribution in [3.8, 4) is 17.1 Å². The summed E-state index contributed by atoms with van der Waals surface area (Å²) in [5, 5.41) is 2.16. The molecule has 3 rings (SSSR count). The molecule has 192 valence electrons. The van der Waals surface area contributed by atoms with Crippen LogP contribution in [0.4, 0.5) is 26.3 Å². The van der Waals surface area contributed by atoms with Gasteiger partial charge < -0.3 is 10.1 Å². The summed E-state index contributed by atoms with van der Waals surface area (Å²) in [6.07, 6.45) is -5.48. The molecule has 0 aliphatic heterocycles. The number of methoxy groups -OCH3 is 1. The Kier molecular flexibility index (Phi) is 8.43. The molecular formula is C23H20F6N4O2S. The maximum atomic E-state index is 13.0. The van der Waals surface area contributed by atoms with Gasteiger partial charge in [0.25, 0.3) is 5.91 Å². The van der Waals surface area contributed by atoms with Gasteiger partial charge in [0.05, 0.1) is 35.8 Å². The van der Waals surface area contributed by atoms with Crippen LogP contribution in [0.25, 0.3) is 11.4 Å². The van der Waals surface area contributed by atoms with Gasteiger partial charge in [-0.2, -0.15) is 38.1 Å². The van der Waals surface area contributed by atoms with E-state index in [1.54, 1.807) is 18.3 Å². The highest BCUT2D eigenvalue weighted by Gasteiger charge is 2.37. The number of pyridine rings is 1. The SMILES string of the molecule is COc1ccc(-c2nccnc2C(C)SCCNC(=O)c2cc(C(F)(F)F)cc(C(F)(F)F)c2)nc1. The number of benzene rings is 1. The highest BCUT2D eigenvalue weighted by Crippen LogP contribution is 2.36. The van der Waals surface area contributed by atoms with Crippen molar-refractivity contribution in [2.24, 2.45) is 0 Å². The Hall–Kier alpha value is -3.35. The molecule has 6 nitrogen and oxygen atoms in total. The Bertz CT molecular complexity index is 1170. The van der Waals surface area contributed by atoms with Gasteiger partial charge in [0, 0.05) is 35.5 Å². The van der Waals surface area contributed by atoms with E-state index in [1.165, 1.54) is 31.3 Å². The van der Waals surface area contributed by atoms with Crippen LogP contribution in [0.3, 0.4) is 0 Å². The van der Waals surface area contributed by atoms with Gasteiger partial charge in [0.2, 0.25) is 0 Å². The third kappa shape index (κ3) is 6.86. The molecule has 1 N–H and O–H groups in total. The van der Waals surface area contributed by atoms with E-state index in [0.29, 0.717) is 40.7 Å². The lowest BCUT2D eigenvalue weighted by Gasteiger charge is -2.15. The predicted molar refractivity (Wildman–Crippen MR) is 121 cm³/mol. The molecule has 0 saturated carbocycles. The average Bonchev–Trinajstić information content (AvgIpc) is 2.85. The monoisotopic (exact) mass is 530 g/mol. The van der Waals surface area contributed by atoms with Crippen molar-refractivity contribution in [1.29, 1.82) is 0 Å². The maximum absolute atomic E-state index is 13.0. The first-order valence-corrected chi connectivity index (χ1v) is 11.5. The van der Waals surface area contributed by atoms with Crippen LogP contribution >= 0.6 is 11.8 Å². The molecule has 3 aromatic rings. The highest BCUT2D eigenvalue weighted by molar-refractivity contribution is 7.99. The van der Waals surface area contributed by atoms with Gasteiger partial charge in [-0.25, -0.2) is 0 Å². The van der Waals surface area contributed by atoms with Gasteiger partial charge in [0.1, 0.15) is 11.4 Å². The number of alkyl halides is 6. The quantitative estimate of drug-likeness (QED) is 0.293. The summed E-state index contributed by atoms with van der Waals surface area (Å²) in [6, 6.07) is 4.23. The zero-order valence-electron chi connectivity index (χ0n) is 18.9. The number of carbonyl (C=O) groups is 1. The van der Waals surface area contributed by atoms with Crippen molar-refractivity contribution in [3.63, 3.8) is 0 Å². The molecule has 0 radical (unpaired) electrons. The molecule has 0 saturated heterocycles. The van der Waals surface area contributed by atoms with Crippen LogP contribution in [0.5, 0.6) is 5.75 Å². The number of carbonyl (C=O) groups excluding carboxylic acids is 1. The van der Waals surface area contributed by atoms with Crippen LogP contribution in [0.15, 0.2) is 48.9 Å². The van der Waals surface area contributed by atoms with Crippen LogP contribution in [-0.2, 0) is 12.4 Å². The second-order valence-corrected chi connectivity index (χ2v) is 8.89. The summed E-state index contributed by atoms with van der Waals surface area (Å²) < 4.78 is 83.2. The number of ether oxygens (including phenoxy) is 1. The summed E-state index contributed by atoms with van der Waals surface area (Å²) in [6.45, 7) is 1.85. The third-order valence-corrected chi connectivity index (χ3v) is 6.09. The van der Waals surface area contributed by atoms with Gasteiger partial charge in [0.15, 0.2) is 0 Å². The molecule has 1 aromatic carbocycles. The van der Waals surface area contributed by atoms with E-state index >= 15 is 0 Å². The van der Waals surface area contributed by atoms with Crippen molar-refractivity contribution in [2.75, 3.05) is 19.4 Å². The van der Waals surface area contributed by atoms with Crippen LogP contribution in [0, 0.1) is 0 Å². The summed E-state index contributed by atoms with van der Waals surface area (Å²) in [5.74, 6) is -0.155. The third-order valence-electron chi connectivity index (χ3n) is 4.93. The minimum absolute atomic E-state index is 0.00180. The largest absolute Gasteiger partial charge is 0.495 e. The Morgan fingerprint density at radius 1 is 1.00 bits per heavy atom. The normalized spacial score (nSPS) is 12.8. The molecule has 2 heterocycles. The lowest BCUT2D eigenvalue weighted by Crippen LogP contribution is -2.27. The molecule has 0 aliphatic carbocycles. The van der Waals surface area contributed by atoms with Crippen LogP contribution in [0.1, 0.15) is 39.4 Å². The average molecular weight is 530 g/mol. The van der Waals surface area contributed by atoms with Gasteiger partial charge in [-0.15, -0.1) is 0 Å². The number of aromatic nitrogens is 3. The van der Waals surface area contributed by atoms with Crippen molar-refractivity contribution in [1.82, 2.24) is 20.3 Å². The zero-order valence-corrected chi connectivity index (χ0v) is 19.8. The topological polar surface area (TPSA) is 77.0 Å².